The van der Waals surface area contributed by atoms with Crippen LogP contribution in [0.25, 0.3) is 0 Å². The van der Waals surface area contributed by atoms with E-state index in [1.165, 1.54) is 12.1 Å². The van der Waals surface area contributed by atoms with Crippen molar-refractivity contribution < 1.29 is 4.74 Å². The minimum atomic E-state index is 0.310. The van der Waals surface area contributed by atoms with Crippen molar-refractivity contribution in [3.8, 4) is 5.75 Å². The van der Waals surface area contributed by atoms with Gasteiger partial charge in [-0.05, 0) is 51.2 Å². The second kappa shape index (κ2) is 6.78. The monoisotopic (exact) mass is 263 g/mol. The molecule has 106 valence electrons. The van der Waals surface area contributed by atoms with Crippen molar-refractivity contribution in [2.24, 2.45) is 5.73 Å². The van der Waals surface area contributed by atoms with Gasteiger partial charge in [0.15, 0.2) is 0 Å². The Hall–Kier alpha value is -1.26. The number of piperidine rings is 1. The maximum atomic E-state index is 6.02. The molecule has 1 aromatic rings. The molecule has 1 aliphatic heterocycles. The summed E-state index contributed by atoms with van der Waals surface area (Å²) < 4.78 is 5.70. The van der Waals surface area contributed by atoms with Gasteiger partial charge in [0.25, 0.3) is 0 Å². The van der Waals surface area contributed by atoms with Crippen molar-refractivity contribution in [1.82, 2.24) is 4.90 Å². The summed E-state index contributed by atoms with van der Waals surface area (Å²) in [5.74, 6) is 0.937. The van der Waals surface area contributed by atoms with Crippen LogP contribution in [-0.4, -0.2) is 51.3 Å². The number of rotatable bonds is 5. The maximum absolute atomic E-state index is 6.02. The Balaban J connectivity index is 1.87. The summed E-state index contributed by atoms with van der Waals surface area (Å²) in [6, 6.07) is 8.66. The van der Waals surface area contributed by atoms with Crippen molar-refractivity contribution in [3.05, 3.63) is 24.3 Å². The van der Waals surface area contributed by atoms with Gasteiger partial charge in [0.2, 0.25) is 0 Å². The summed E-state index contributed by atoms with van der Waals surface area (Å²) in [4.78, 5) is 4.47. The molecule has 1 fully saturated rings. The van der Waals surface area contributed by atoms with Crippen LogP contribution in [0.4, 0.5) is 5.69 Å². The molecule has 4 nitrogen and oxygen atoms in total. The number of hydrogen-bond acceptors (Lipinski definition) is 4. The standard InChI is InChI=1S/C15H25N3O/c1-17(2)10-11-19-15-7-5-14(6-8-15)18-9-3-4-13(16)12-18/h5-8,13H,3-4,9-12,16H2,1-2H3. The molecule has 1 aromatic carbocycles. The van der Waals surface area contributed by atoms with E-state index < -0.39 is 0 Å². The van der Waals surface area contributed by atoms with Gasteiger partial charge in [0.1, 0.15) is 12.4 Å². The second-order valence-corrected chi connectivity index (χ2v) is 5.49. The summed E-state index contributed by atoms with van der Waals surface area (Å²) in [6.45, 7) is 3.72. The van der Waals surface area contributed by atoms with E-state index in [-0.39, 0.29) is 0 Å². The largest absolute Gasteiger partial charge is 0.492 e. The minimum absolute atomic E-state index is 0.310. The molecule has 1 unspecified atom stereocenters. The molecular weight excluding hydrogens is 238 g/mol. The number of benzene rings is 1. The van der Waals surface area contributed by atoms with Crippen molar-refractivity contribution in [2.45, 2.75) is 18.9 Å². The van der Waals surface area contributed by atoms with Crippen molar-refractivity contribution in [2.75, 3.05) is 45.2 Å². The first-order valence-corrected chi connectivity index (χ1v) is 7.03. The molecule has 0 aromatic heterocycles. The zero-order chi connectivity index (χ0) is 13.7. The van der Waals surface area contributed by atoms with E-state index in [9.17, 15) is 0 Å². The average molecular weight is 263 g/mol. The molecule has 1 saturated heterocycles. The van der Waals surface area contributed by atoms with Crippen LogP contribution in [0.5, 0.6) is 5.75 Å². The number of hydrogen-bond donors (Lipinski definition) is 1. The highest BCUT2D eigenvalue weighted by molar-refractivity contribution is 5.49. The van der Waals surface area contributed by atoms with Crippen LogP contribution in [0.3, 0.4) is 0 Å². The first kappa shape index (κ1) is 14.2. The molecular formula is C15H25N3O. The molecule has 2 N–H and O–H groups in total. The van der Waals surface area contributed by atoms with Crippen LogP contribution >= 0.6 is 0 Å². The van der Waals surface area contributed by atoms with E-state index in [2.05, 4.69) is 21.9 Å². The third-order valence-corrected chi connectivity index (χ3v) is 3.47. The smallest absolute Gasteiger partial charge is 0.119 e. The third kappa shape index (κ3) is 4.40. The SMILES string of the molecule is CN(C)CCOc1ccc(N2CCCC(N)C2)cc1. The number of likely N-dealkylation sites (N-methyl/N-ethyl adjacent to an activating group) is 1. The van der Waals surface area contributed by atoms with Crippen LogP contribution in [-0.2, 0) is 0 Å². The van der Waals surface area contributed by atoms with Crippen LogP contribution in [0, 0.1) is 0 Å². The number of nitrogens with zero attached hydrogens (tertiary/aromatic N) is 2. The van der Waals surface area contributed by atoms with E-state index in [0.717, 1.165) is 38.4 Å². The van der Waals surface area contributed by atoms with Gasteiger partial charge in [0, 0.05) is 31.4 Å². The van der Waals surface area contributed by atoms with E-state index in [4.69, 9.17) is 10.5 Å². The van der Waals surface area contributed by atoms with Gasteiger partial charge in [0.05, 0.1) is 0 Å². The first-order chi connectivity index (χ1) is 9.15. The zero-order valence-electron chi connectivity index (χ0n) is 12.0. The molecule has 19 heavy (non-hydrogen) atoms. The molecule has 1 aliphatic rings. The second-order valence-electron chi connectivity index (χ2n) is 5.49. The lowest BCUT2D eigenvalue weighted by atomic mass is 10.1. The van der Waals surface area contributed by atoms with E-state index in [1.807, 2.05) is 26.2 Å². The molecule has 0 bridgehead atoms. The van der Waals surface area contributed by atoms with Gasteiger partial charge in [-0.15, -0.1) is 0 Å². The molecule has 1 atom stereocenters. The number of ether oxygens (including phenoxy) is 1. The maximum Gasteiger partial charge on any atom is 0.119 e. The molecule has 4 heteroatoms. The predicted molar refractivity (Wildman–Crippen MR) is 79.9 cm³/mol. The van der Waals surface area contributed by atoms with E-state index in [1.54, 1.807) is 0 Å². The third-order valence-electron chi connectivity index (χ3n) is 3.47. The van der Waals surface area contributed by atoms with E-state index >= 15 is 0 Å². The lowest BCUT2D eigenvalue weighted by Crippen LogP contribution is -2.42. The highest BCUT2D eigenvalue weighted by Gasteiger charge is 2.16. The molecule has 0 saturated carbocycles. The molecule has 0 spiro atoms. The van der Waals surface area contributed by atoms with Crippen LogP contribution in [0.2, 0.25) is 0 Å². The summed E-state index contributed by atoms with van der Waals surface area (Å²) in [5, 5.41) is 0. The Kier molecular flexibility index (Phi) is 5.05. The quantitative estimate of drug-likeness (QED) is 0.875. The number of nitrogens with two attached hydrogens (primary N) is 1. The van der Waals surface area contributed by atoms with Crippen LogP contribution in [0.1, 0.15) is 12.8 Å². The van der Waals surface area contributed by atoms with Crippen molar-refractivity contribution in [1.29, 1.82) is 0 Å². The summed E-state index contributed by atoms with van der Waals surface area (Å²) in [7, 11) is 4.10. The Morgan fingerprint density at radius 2 is 2.05 bits per heavy atom. The highest BCUT2D eigenvalue weighted by atomic mass is 16.5. The lowest BCUT2D eigenvalue weighted by Gasteiger charge is -2.32. The summed E-state index contributed by atoms with van der Waals surface area (Å²) in [6.07, 6.45) is 2.32. The molecule has 1 heterocycles. The highest BCUT2D eigenvalue weighted by Crippen LogP contribution is 2.22. The van der Waals surface area contributed by atoms with Crippen LogP contribution in [0.15, 0.2) is 24.3 Å². The van der Waals surface area contributed by atoms with Gasteiger partial charge in [-0.3, -0.25) is 0 Å². The minimum Gasteiger partial charge on any atom is -0.492 e. The average Bonchev–Trinajstić information content (AvgIpc) is 2.39. The van der Waals surface area contributed by atoms with Gasteiger partial charge < -0.3 is 20.3 Å². The molecule has 0 amide bonds. The van der Waals surface area contributed by atoms with Crippen molar-refractivity contribution in [3.63, 3.8) is 0 Å². The Labute approximate surface area is 116 Å². The molecule has 0 aliphatic carbocycles. The zero-order valence-corrected chi connectivity index (χ0v) is 12.0. The fraction of sp³-hybridized carbons (Fsp3) is 0.600. The predicted octanol–water partition coefficient (Wildman–Crippen LogP) is 1.55. The Morgan fingerprint density at radius 3 is 2.68 bits per heavy atom. The van der Waals surface area contributed by atoms with E-state index in [0.29, 0.717) is 6.04 Å². The fourth-order valence-electron chi connectivity index (χ4n) is 2.34. The summed E-state index contributed by atoms with van der Waals surface area (Å²) >= 11 is 0. The molecule has 0 radical (unpaired) electrons. The molecule has 2 rings (SSSR count). The topological polar surface area (TPSA) is 41.7 Å². The van der Waals surface area contributed by atoms with Gasteiger partial charge in [-0.25, -0.2) is 0 Å². The normalized spacial score (nSPS) is 19.8. The number of anilines is 1. The Bertz CT molecular complexity index is 377. The van der Waals surface area contributed by atoms with Crippen molar-refractivity contribution >= 4 is 5.69 Å². The van der Waals surface area contributed by atoms with Gasteiger partial charge in [-0.2, -0.15) is 0 Å². The van der Waals surface area contributed by atoms with Gasteiger partial charge >= 0.3 is 0 Å². The fourth-order valence-corrected chi connectivity index (χ4v) is 2.34. The Morgan fingerprint density at radius 1 is 1.32 bits per heavy atom. The summed E-state index contributed by atoms with van der Waals surface area (Å²) in [5.41, 5.74) is 7.26. The van der Waals surface area contributed by atoms with Gasteiger partial charge in [-0.1, -0.05) is 0 Å². The van der Waals surface area contributed by atoms with Crippen LogP contribution < -0.4 is 15.4 Å². The first-order valence-electron chi connectivity index (χ1n) is 7.03. The lowest BCUT2D eigenvalue weighted by molar-refractivity contribution is 0.261.